The van der Waals surface area contributed by atoms with Gasteiger partial charge in [0.2, 0.25) is 0 Å². The van der Waals surface area contributed by atoms with Gasteiger partial charge in [-0.2, -0.15) is 5.10 Å². The van der Waals surface area contributed by atoms with Crippen LogP contribution < -0.4 is 5.32 Å². The lowest BCUT2D eigenvalue weighted by molar-refractivity contribution is -0.0883. The summed E-state index contributed by atoms with van der Waals surface area (Å²) in [6.07, 6.45) is 11.3. The summed E-state index contributed by atoms with van der Waals surface area (Å²) in [6.45, 7) is 6.15. The standard InChI is InChI=1S/C18H30N4O/c1-14(2)16-18(8-5-4-6-9-18)13-22(16)17(23)19-10-7-15-11-20-21(3)12-15/h11-12,14,16H,4-10,13H2,1-3H3,(H,19,23)/t16-/m1/s1. The second kappa shape index (κ2) is 6.54. The van der Waals surface area contributed by atoms with Crippen LogP contribution >= 0.6 is 0 Å². The molecule has 1 aliphatic carbocycles. The van der Waals surface area contributed by atoms with Gasteiger partial charge in [0.15, 0.2) is 0 Å². The highest BCUT2D eigenvalue weighted by atomic mass is 16.2. The Balaban J connectivity index is 1.53. The van der Waals surface area contributed by atoms with Gasteiger partial charge in [0.25, 0.3) is 0 Å². The van der Waals surface area contributed by atoms with E-state index in [0.29, 0.717) is 23.9 Å². The second-order valence-corrected chi connectivity index (χ2v) is 7.74. The monoisotopic (exact) mass is 318 g/mol. The smallest absolute Gasteiger partial charge is 0.317 e. The van der Waals surface area contributed by atoms with E-state index < -0.39 is 0 Å². The number of likely N-dealkylation sites (tertiary alicyclic amines) is 1. The van der Waals surface area contributed by atoms with Gasteiger partial charge in [-0.3, -0.25) is 4.68 Å². The van der Waals surface area contributed by atoms with E-state index in [1.165, 1.54) is 37.7 Å². The fourth-order valence-electron chi connectivity index (χ4n) is 4.74. The summed E-state index contributed by atoms with van der Waals surface area (Å²) in [5.74, 6) is 0.533. The van der Waals surface area contributed by atoms with Crippen LogP contribution in [0.2, 0.25) is 0 Å². The Hall–Kier alpha value is -1.52. The van der Waals surface area contributed by atoms with Crippen molar-refractivity contribution in [1.29, 1.82) is 0 Å². The third-order valence-corrected chi connectivity index (χ3v) is 5.64. The molecule has 1 aromatic rings. The molecule has 1 N–H and O–H groups in total. The molecule has 2 fully saturated rings. The Bertz CT molecular complexity index is 545. The van der Waals surface area contributed by atoms with Crippen LogP contribution in [-0.2, 0) is 13.5 Å². The van der Waals surface area contributed by atoms with E-state index in [1.807, 2.05) is 19.4 Å². The van der Waals surface area contributed by atoms with Crippen molar-refractivity contribution < 1.29 is 4.79 Å². The largest absolute Gasteiger partial charge is 0.338 e. The normalized spacial score (nSPS) is 23.1. The van der Waals surface area contributed by atoms with Gasteiger partial charge < -0.3 is 10.2 Å². The van der Waals surface area contributed by atoms with E-state index in [4.69, 9.17) is 0 Å². The molecule has 5 heteroatoms. The zero-order chi connectivity index (χ0) is 16.4. The van der Waals surface area contributed by atoms with E-state index in [9.17, 15) is 4.79 Å². The molecule has 128 valence electrons. The molecule has 1 saturated carbocycles. The van der Waals surface area contributed by atoms with Crippen LogP contribution in [0.25, 0.3) is 0 Å². The van der Waals surface area contributed by atoms with E-state index in [1.54, 1.807) is 4.68 Å². The van der Waals surface area contributed by atoms with Crippen molar-refractivity contribution in [2.24, 2.45) is 18.4 Å². The minimum Gasteiger partial charge on any atom is -0.338 e. The third-order valence-electron chi connectivity index (χ3n) is 5.64. The highest BCUT2D eigenvalue weighted by Crippen LogP contribution is 2.51. The maximum absolute atomic E-state index is 12.6. The first-order valence-corrected chi connectivity index (χ1v) is 9.04. The summed E-state index contributed by atoms with van der Waals surface area (Å²) >= 11 is 0. The summed E-state index contributed by atoms with van der Waals surface area (Å²) in [5.41, 5.74) is 1.58. The Kier molecular flexibility index (Phi) is 4.64. The Labute approximate surface area is 139 Å². The average molecular weight is 318 g/mol. The molecule has 2 aliphatic rings. The molecular weight excluding hydrogens is 288 g/mol. The minimum atomic E-state index is 0.115. The fourth-order valence-corrected chi connectivity index (χ4v) is 4.74. The number of hydrogen-bond donors (Lipinski definition) is 1. The number of carbonyl (C=O) groups excluding carboxylic acids is 1. The van der Waals surface area contributed by atoms with Crippen LogP contribution in [-0.4, -0.2) is 39.8 Å². The Morgan fingerprint density at radius 2 is 2.13 bits per heavy atom. The second-order valence-electron chi connectivity index (χ2n) is 7.74. The number of urea groups is 1. The van der Waals surface area contributed by atoms with Crippen molar-refractivity contribution in [1.82, 2.24) is 20.0 Å². The number of amides is 2. The van der Waals surface area contributed by atoms with Crippen LogP contribution in [0.15, 0.2) is 12.4 Å². The van der Waals surface area contributed by atoms with Gasteiger partial charge >= 0.3 is 6.03 Å². The third kappa shape index (κ3) is 3.24. The van der Waals surface area contributed by atoms with Gasteiger partial charge in [-0.15, -0.1) is 0 Å². The number of carbonyl (C=O) groups is 1. The lowest BCUT2D eigenvalue weighted by Gasteiger charge is -2.61. The summed E-state index contributed by atoms with van der Waals surface area (Å²) < 4.78 is 1.80. The first-order valence-electron chi connectivity index (χ1n) is 9.04. The number of aryl methyl sites for hydroxylation is 1. The van der Waals surface area contributed by atoms with Gasteiger partial charge in [-0.1, -0.05) is 33.1 Å². The van der Waals surface area contributed by atoms with Crippen LogP contribution in [0.3, 0.4) is 0 Å². The van der Waals surface area contributed by atoms with Crippen molar-refractivity contribution in [2.75, 3.05) is 13.1 Å². The molecule has 1 aliphatic heterocycles. The molecule has 0 radical (unpaired) electrons. The van der Waals surface area contributed by atoms with E-state index in [2.05, 4.69) is 29.2 Å². The molecule has 1 spiro atoms. The van der Waals surface area contributed by atoms with Crippen molar-refractivity contribution in [3.05, 3.63) is 18.0 Å². The van der Waals surface area contributed by atoms with Crippen LogP contribution in [0.1, 0.15) is 51.5 Å². The van der Waals surface area contributed by atoms with Crippen LogP contribution in [0.4, 0.5) is 4.79 Å². The maximum atomic E-state index is 12.6. The van der Waals surface area contributed by atoms with Gasteiger partial charge in [-0.25, -0.2) is 4.79 Å². The van der Waals surface area contributed by atoms with E-state index in [-0.39, 0.29) is 6.03 Å². The fraction of sp³-hybridized carbons (Fsp3) is 0.778. The number of aromatic nitrogens is 2. The zero-order valence-electron chi connectivity index (χ0n) is 14.7. The Morgan fingerprint density at radius 1 is 1.39 bits per heavy atom. The van der Waals surface area contributed by atoms with Crippen molar-refractivity contribution in [3.8, 4) is 0 Å². The lowest BCUT2D eigenvalue weighted by atomic mass is 9.60. The number of nitrogens with zero attached hydrogens (tertiary/aromatic N) is 3. The maximum Gasteiger partial charge on any atom is 0.317 e. The van der Waals surface area contributed by atoms with Gasteiger partial charge in [0.05, 0.1) is 6.20 Å². The topological polar surface area (TPSA) is 50.2 Å². The summed E-state index contributed by atoms with van der Waals surface area (Å²) in [6, 6.07) is 0.532. The lowest BCUT2D eigenvalue weighted by Crippen LogP contribution is -2.70. The highest BCUT2D eigenvalue weighted by molar-refractivity contribution is 5.76. The summed E-state index contributed by atoms with van der Waals surface area (Å²) in [5, 5.41) is 7.26. The predicted octanol–water partition coefficient (Wildman–Crippen LogP) is 2.96. The molecule has 1 saturated heterocycles. The van der Waals surface area contributed by atoms with Crippen molar-refractivity contribution >= 4 is 6.03 Å². The Morgan fingerprint density at radius 3 is 2.74 bits per heavy atom. The van der Waals surface area contributed by atoms with Gasteiger partial charge in [-0.05, 0) is 30.7 Å². The predicted molar refractivity (Wildman–Crippen MR) is 91.2 cm³/mol. The molecule has 2 heterocycles. The summed E-state index contributed by atoms with van der Waals surface area (Å²) in [4.78, 5) is 14.6. The molecule has 1 aromatic heterocycles. The molecular formula is C18H30N4O. The number of nitrogens with one attached hydrogen (secondary N) is 1. The first-order chi connectivity index (χ1) is 11.0. The molecule has 0 unspecified atom stereocenters. The number of hydrogen-bond acceptors (Lipinski definition) is 2. The zero-order valence-corrected chi connectivity index (χ0v) is 14.7. The van der Waals surface area contributed by atoms with E-state index in [0.717, 1.165) is 13.0 Å². The molecule has 3 rings (SSSR count). The van der Waals surface area contributed by atoms with Gasteiger partial charge in [0, 0.05) is 37.8 Å². The van der Waals surface area contributed by atoms with Crippen LogP contribution in [0.5, 0.6) is 0 Å². The summed E-state index contributed by atoms with van der Waals surface area (Å²) in [7, 11) is 1.92. The average Bonchev–Trinajstić information content (AvgIpc) is 2.90. The molecule has 23 heavy (non-hydrogen) atoms. The molecule has 0 aromatic carbocycles. The first kappa shape index (κ1) is 16.3. The quantitative estimate of drug-likeness (QED) is 0.928. The molecule has 1 atom stereocenters. The van der Waals surface area contributed by atoms with Crippen LogP contribution in [0, 0.1) is 11.3 Å². The molecule has 2 amide bonds. The number of rotatable bonds is 4. The molecule has 5 nitrogen and oxygen atoms in total. The SMILES string of the molecule is CC(C)[C@H]1N(C(=O)NCCc2cnn(C)c2)CC12CCCCC2. The van der Waals surface area contributed by atoms with Crippen molar-refractivity contribution in [3.63, 3.8) is 0 Å². The van der Waals surface area contributed by atoms with E-state index >= 15 is 0 Å². The highest BCUT2D eigenvalue weighted by Gasteiger charge is 2.55. The molecule has 0 bridgehead atoms. The van der Waals surface area contributed by atoms with Gasteiger partial charge in [0.1, 0.15) is 0 Å². The van der Waals surface area contributed by atoms with Crippen molar-refractivity contribution in [2.45, 2.75) is 58.4 Å². The minimum absolute atomic E-state index is 0.115.